The number of halogens is 2. The van der Waals surface area contributed by atoms with Crippen molar-refractivity contribution in [3.05, 3.63) is 24.8 Å². The van der Waals surface area contributed by atoms with Crippen LogP contribution in [-0.2, 0) is 0 Å². The molecule has 9 heteroatoms. The molecule has 1 aliphatic carbocycles. The fourth-order valence-electron chi connectivity index (χ4n) is 3.73. The molecule has 0 aromatic carbocycles. The average molecular weight is 357 g/mol. The Morgan fingerprint density at radius 1 is 1.46 bits per heavy atom. The van der Waals surface area contributed by atoms with Crippen molar-refractivity contribution in [1.82, 2.24) is 24.7 Å². The Balaban J connectivity index is 1.73. The molecule has 4 rings (SSSR count). The first kappa shape index (κ1) is 16.4. The third kappa shape index (κ3) is 2.77. The van der Waals surface area contributed by atoms with E-state index in [1.165, 1.54) is 6.33 Å². The minimum atomic E-state index is -2.68. The van der Waals surface area contributed by atoms with Crippen LogP contribution in [0, 0.1) is 17.2 Å². The fourth-order valence-corrected chi connectivity index (χ4v) is 3.73. The van der Waals surface area contributed by atoms with Gasteiger partial charge in [0.25, 0.3) is 0 Å². The van der Waals surface area contributed by atoms with Crippen molar-refractivity contribution in [2.24, 2.45) is 5.92 Å². The Bertz CT molecular complexity index is 985. The minimum Gasteiger partial charge on any atom is -0.382 e. The molecule has 3 aromatic heterocycles. The van der Waals surface area contributed by atoms with E-state index in [1.54, 1.807) is 17.1 Å². The van der Waals surface area contributed by atoms with E-state index in [1.807, 2.05) is 6.07 Å². The molecule has 1 aliphatic rings. The highest BCUT2D eigenvalue weighted by atomic mass is 19.3. The zero-order valence-electron chi connectivity index (χ0n) is 13.9. The van der Waals surface area contributed by atoms with Crippen molar-refractivity contribution >= 4 is 16.9 Å². The number of hydrogen-bond acceptors (Lipinski definition) is 5. The van der Waals surface area contributed by atoms with Crippen LogP contribution in [0.25, 0.3) is 22.3 Å². The maximum absolute atomic E-state index is 13.6. The van der Waals surface area contributed by atoms with Crippen LogP contribution >= 0.6 is 0 Å². The lowest BCUT2D eigenvalue weighted by atomic mass is 9.95. The van der Waals surface area contributed by atoms with E-state index >= 15 is 0 Å². The second kappa shape index (κ2) is 6.05. The molecule has 2 unspecified atom stereocenters. The van der Waals surface area contributed by atoms with Gasteiger partial charge < -0.3 is 10.7 Å². The van der Waals surface area contributed by atoms with Crippen molar-refractivity contribution in [2.75, 3.05) is 5.73 Å². The molecule has 0 bridgehead atoms. The summed E-state index contributed by atoms with van der Waals surface area (Å²) in [5.41, 5.74) is 7.98. The van der Waals surface area contributed by atoms with Gasteiger partial charge in [-0.05, 0) is 18.4 Å². The normalized spacial score (nSPS) is 20.3. The van der Waals surface area contributed by atoms with Gasteiger partial charge in [-0.25, -0.2) is 18.7 Å². The number of aromatic nitrogens is 5. The van der Waals surface area contributed by atoms with Crippen LogP contribution < -0.4 is 5.73 Å². The predicted octanol–water partition coefficient (Wildman–Crippen LogP) is 3.29. The van der Waals surface area contributed by atoms with Gasteiger partial charge in [0, 0.05) is 30.6 Å². The van der Waals surface area contributed by atoms with Gasteiger partial charge in [-0.1, -0.05) is 0 Å². The number of fused-ring (bicyclic) bond motifs is 1. The summed E-state index contributed by atoms with van der Waals surface area (Å²) in [4.78, 5) is 11.5. The first-order valence-electron chi connectivity index (χ1n) is 8.36. The summed E-state index contributed by atoms with van der Waals surface area (Å²) in [7, 11) is 0. The highest BCUT2D eigenvalue weighted by Gasteiger charge is 2.43. The smallest absolute Gasteiger partial charge is 0.248 e. The molecule has 7 nitrogen and oxygen atoms in total. The van der Waals surface area contributed by atoms with Gasteiger partial charge in [-0.2, -0.15) is 10.4 Å². The molecule has 0 saturated heterocycles. The lowest BCUT2D eigenvalue weighted by molar-refractivity contribution is 0.00235. The molecule has 0 aliphatic heterocycles. The Kier molecular flexibility index (Phi) is 3.83. The van der Waals surface area contributed by atoms with Crippen LogP contribution in [-0.4, -0.2) is 30.7 Å². The lowest BCUT2D eigenvalue weighted by Gasteiger charge is -2.21. The summed E-state index contributed by atoms with van der Waals surface area (Å²) >= 11 is 0. The molecule has 3 aromatic rings. The van der Waals surface area contributed by atoms with E-state index < -0.39 is 12.0 Å². The van der Waals surface area contributed by atoms with Crippen LogP contribution in [0.4, 0.5) is 14.6 Å². The molecule has 3 heterocycles. The summed E-state index contributed by atoms with van der Waals surface area (Å²) in [6.45, 7) is 0. The van der Waals surface area contributed by atoms with E-state index in [-0.39, 0.29) is 31.0 Å². The van der Waals surface area contributed by atoms with Crippen LogP contribution in [0.15, 0.2) is 24.8 Å². The van der Waals surface area contributed by atoms with Crippen LogP contribution in [0.2, 0.25) is 0 Å². The van der Waals surface area contributed by atoms with Gasteiger partial charge in [0.05, 0.1) is 29.8 Å². The molecule has 2 atom stereocenters. The summed E-state index contributed by atoms with van der Waals surface area (Å²) < 4.78 is 28.8. The van der Waals surface area contributed by atoms with Crippen molar-refractivity contribution in [2.45, 2.75) is 37.6 Å². The van der Waals surface area contributed by atoms with Gasteiger partial charge in [0.2, 0.25) is 5.92 Å². The van der Waals surface area contributed by atoms with E-state index in [2.05, 4.69) is 26.1 Å². The number of nitriles is 1. The highest BCUT2D eigenvalue weighted by molar-refractivity contribution is 5.92. The number of hydrogen-bond donors (Lipinski definition) is 2. The highest BCUT2D eigenvalue weighted by Crippen LogP contribution is 2.45. The third-order valence-electron chi connectivity index (χ3n) is 5.00. The number of H-pyrrole nitrogens is 1. The van der Waals surface area contributed by atoms with Gasteiger partial charge >= 0.3 is 0 Å². The number of anilines is 1. The maximum atomic E-state index is 13.6. The van der Waals surface area contributed by atoms with Crippen LogP contribution in [0.5, 0.6) is 0 Å². The first-order chi connectivity index (χ1) is 12.5. The van der Waals surface area contributed by atoms with Crippen molar-refractivity contribution in [3.8, 4) is 17.3 Å². The molecule has 134 valence electrons. The monoisotopic (exact) mass is 357 g/mol. The number of nitrogens with one attached hydrogen (secondary N) is 1. The van der Waals surface area contributed by atoms with E-state index in [4.69, 9.17) is 11.0 Å². The summed E-state index contributed by atoms with van der Waals surface area (Å²) in [5, 5.41) is 14.3. The molecule has 26 heavy (non-hydrogen) atoms. The topological polar surface area (TPSA) is 109 Å². The first-order valence-corrected chi connectivity index (χ1v) is 8.36. The number of alkyl halides is 2. The molecule has 0 radical (unpaired) electrons. The van der Waals surface area contributed by atoms with E-state index in [0.717, 1.165) is 5.39 Å². The predicted molar refractivity (Wildman–Crippen MR) is 91.1 cm³/mol. The maximum Gasteiger partial charge on any atom is 0.248 e. The van der Waals surface area contributed by atoms with E-state index in [0.29, 0.717) is 23.3 Å². The Morgan fingerprint density at radius 3 is 3.04 bits per heavy atom. The zero-order valence-corrected chi connectivity index (χ0v) is 13.9. The Morgan fingerprint density at radius 2 is 2.31 bits per heavy atom. The summed E-state index contributed by atoms with van der Waals surface area (Å²) in [6.07, 6.45) is 4.96. The number of aromatic amines is 1. The Labute approximate surface area is 147 Å². The second-order valence-corrected chi connectivity index (χ2v) is 6.66. The molecule has 1 fully saturated rings. The number of nitrogens with zero attached hydrogens (tertiary/aromatic N) is 5. The van der Waals surface area contributed by atoms with Gasteiger partial charge in [-0.3, -0.25) is 4.68 Å². The molecule has 0 spiro atoms. The summed E-state index contributed by atoms with van der Waals surface area (Å²) in [5.74, 6) is -2.74. The molecule has 1 saturated carbocycles. The quantitative estimate of drug-likeness (QED) is 0.744. The molecule has 0 amide bonds. The van der Waals surface area contributed by atoms with Gasteiger partial charge in [-0.15, -0.1) is 0 Å². The minimum absolute atomic E-state index is 0.102. The lowest BCUT2D eigenvalue weighted by Crippen LogP contribution is -2.20. The zero-order chi connectivity index (χ0) is 18.3. The number of nitrogen functional groups attached to an aromatic ring is 1. The van der Waals surface area contributed by atoms with Gasteiger partial charge in [0.1, 0.15) is 12.0 Å². The molecular formula is C17H17F2N7. The number of nitrogens with two attached hydrogens (primary N) is 1. The van der Waals surface area contributed by atoms with Crippen molar-refractivity contribution < 1.29 is 8.78 Å². The Hall–Kier alpha value is -3.02. The summed E-state index contributed by atoms with van der Waals surface area (Å²) in [6, 6.07) is 3.49. The van der Waals surface area contributed by atoms with Crippen molar-refractivity contribution in [1.29, 1.82) is 5.26 Å². The molecular weight excluding hydrogens is 340 g/mol. The van der Waals surface area contributed by atoms with Crippen LogP contribution in [0.3, 0.4) is 0 Å². The average Bonchev–Trinajstić information content (AvgIpc) is 3.30. The van der Waals surface area contributed by atoms with Crippen LogP contribution in [0.1, 0.15) is 31.7 Å². The van der Waals surface area contributed by atoms with Gasteiger partial charge in [0.15, 0.2) is 5.82 Å². The largest absolute Gasteiger partial charge is 0.382 e. The van der Waals surface area contributed by atoms with E-state index in [9.17, 15) is 8.78 Å². The fraction of sp³-hybridized carbons (Fsp3) is 0.412. The number of rotatable bonds is 4. The second-order valence-electron chi connectivity index (χ2n) is 6.66. The van der Waals surface area contributed by atoms with Crippen molar-refractivity contribution in [3.63, 3.8) is 0 Å². The SMILES string of the molecule is N#CCC(C1CCC(F)(F)C1)n1cc(-c2ncnc3[nH]ccc23)c(N)n1. The standard InChI is InChI=1S/C17H17F2N7/c18-17(19)4-1-10(7-17)13(2-5-20)26-8-12(15(21)25-26)14-11-3-6-22-16(11)24-9-23-14/h3,6,8-10,13H,1-2,4,7H2,(H2,21,25)(H,22,23,24). The molecule has 3 N–H and O–H groups in total. The third-order valence-corrected chi connectivity index (χ3v) is 5.00.